The van der Waals surface area contributed by atoms with Crippen LogP contribution in [-0.4, -0.2) is 13.1 Å². The summed E-state index contributed by atoms with van der Waals surface area (Å²) in [7, 11) is 1.46. The van der Waals surface area contributed by atoms with E-state index in [0.29, 0.717) is 11.8 Å². The molecule has 19 heavy (non-hydrogen) atoms. The standard InChI is InChI=1S/C17H26O2/c1-13-6-5-9-16(2,3)17(13)10-7-14(8-11-17)12-15(18)19-4/h7H,1,5-6,8-12H2,2-4H3. The van der Waals surface area contributed by atoms with Gasteiger partial charge in [0.05, 0.1) is 13.5 Å². The van der Waals surface area contributed by atoms with Crippen molar-refractivity contribution in [3.05, 3.63) is 23.8 Å². The molecule has 1 atom stereocenters. The van der Waals surface area contributed by atoms with Crippen LogP contribution in [0.15, 0.2) is 23.8 Å². The average Bonchev–Trinajstić information content (AvgIpc) is 2.37. The minimum atomic E-state index is -0.121. The first-order chi connectivity index (χ1) is 8.91. The van der Waals surface area contributed by atoms with Crippen LogP contribution < -0.4 is 0 Å². The second-order valence-corrected chi connectivity index (χ2v) is 6.74. The summed E-state index contributed by atoms with van der Waals surface area (Å²) in [5, 5.41) is 0. The summed E-state index contributed by atoms with van der Waals surface area (Å²) in [5.41, 5.74) is 3.25. The monoisotopic (exact) mass is 262 g/mol. The van der Waals surface area contributed by atoms with Crippen molar-refractivity contribution in [1.29, 1.82) is 0 Å². The van der Waals surface area contributed by atoms with Crippen LogP contribution in [0.1, 0.15) is 58.8 Å². The molecule has 0 aromatic carbocycles. The van der Waals surface area contributed by atoms with Crippen molar-refractivity contribution in [2.24, 2.45) is 10.8 Å². The van der Waals surface area contributed by atoms with E-state index in [1.807, 2.05) is 0 Å². The molecule has 1 saturated carbocycles. The topological polar surface area (TPSA) is 26.3 Å². The number of allylic oxidation sites excluding steroid dienone is 2. The van der Waals surface area contributed by atoms with Gasteiger partial charge in [0.2, 0.25) is 0 Å². The molecule has 0 aromatic rings. The van der Waals surface area contributed by atoms with Gasteiger partial charge >= 0.3 is 5.97 Å². The third-order valence-electron chi connectivity index (χ3n) is 5.46. The number of methoxy groups -OCH3 is 1. The van der Waals surface area contributed by atoms with Gasteiger partial charge in [-0.25, -0.2) is 0 Å². The molecule has 106 valence electrons. The molecule has 0 aromatic heterocycles. The number of esters is 1. The molecule has 0 radical (unpaired) electrons. The Balaban J connectivity index is 2.15. The van der Waals surface area contributed by atoms with Gasteiger partial charge in [0, 0.05) is 0 Å². The quantitative estimate of drug-likeness (QED) is 0.544. The predicted molar refractivity (Wildman–Crippen MR) is 77.8 cm³/mol. The molecule has 0 bridgehead atoms. The van der Waals surface area contributed by atoms with Crippen LogP contribution in [0, 0.1) is 10.8 Å². The Morgan fingerprint density at radius 1 is 1.37 bits per heavy atom. The third-order valence-corrected chi connectivity index (χ3v) is 5.46. The van der Waals surface area contributed by atoms with Crippen LogP contribution in [0.3, 0.4) is 0 Å². The van der Waals surface area contributed by atoms with Gasteiger partial charge in [-0.3, -0.25) is 4.79 Å². The number of carbonyl (C=O) groups is 1. The molecular weight excluding hydrogens is 236 g/mol. The highest BCUT2D eigenvalue weighted by Gasteiger charge is 2.48. The first-order valence-electron chi connectivity index (χ1n) is 7.34. The minimum absolute atomic E-state index is 0.121. The van der Waals surface area contributed by atoms with Gasteiger partial charge in [-0.1, -0.05) is 37.6 Å². The molecular formula is C17H26O2. The normalized spacial score (nSPS) is 30.1. The highest BCUT2D eigenvalue weighted by atomic mass is 16.5. The van der Waals surface area contributed by atoms with Crippen molar-refractivity contribution in [2.75, 3.05) is 7.11 Å². The maximum absolute atomic E-state index is 11.4. The van der Waals surface area contributed by atoms with Crippen molar-refractivity contribution >= 4 is 5.97 Å². The maximum Gasteiger partial charge on any atom is 0.309 e. The molecule has 1 spiro atoms. The average molecular weight is 262 g/mol. The van der Waals surface area contributed by atoms with Crippen LogP contribution in [-0.2, 0) is 9.53 Å². The molecule has 0 amide bonds. The zero-order chi connectivity index (χ0) is 14.1. The predicted octanol–water partition coefficient (Wildman–Crippen LogP) is 4.41. The van der Waals surface area contributed by atoms with E-state index in [1.165, 1.54) is 37.5 Å². The molecule has 2 rings (SSSR count). The highest BCUT2D eigenvalue weighted by Crippen LogP contribution is 2.59. The van der Waals surface area contributed by atoms with Gasteiger partial charge in [-0.15, -0.1) is 0 Å². The van der Waals surface area contributed by atoms with Crippen LogP contribution >= 0.6 is 0 Å². The van der Waals surface area contributed by atoms with Gasteiger partial charge in [-0.05, 0) is 49.4 Å². The maximum atomic E-state index is 11.4. The van der Waals surface area contributed by atoms with Crippen molar-refractivity contribution in [3.8, 4) is 0 Å². The second-order valence-electron chi connectivity index (χ2n) is 6.74. The van der Waals surface area contributed by atoms with E-state index in [0.717, 1.165) is 19.3 Å². The van der Waals surface area contributed by atoms with Crippen LogP contribution in [0.5, 0.6) is 0 Å². The molecule has 1 unspecified atom stereocenters. The van der Waals surface area contributed by atoms with Gasteiger partial charge in [0.25, 0.3) is 0 Å². The van der Waals surface area contributed by atoms with Gasteiger partial charge < -0.3 is 4.74 Å². The second kappa shape index (κ2) is 5.15. The summed E-state index contributed by atoms with van der Waals surface area (Å²) >= 11 is 0. The van der Waals surface area contributed by atoms with E-state index in [9.17, 15) is 4.79 Å². The molecule has 2 aliphatic carbocycles. The zero-order valence-corrected chi connectivity index (χ0v) is 12.6. The lowest BCUT2D eigenvalue weighted by molar-refractivity contribution is -0.139. The number of ether oxygens (including phenoxy) is 1. The molecule has 0 aliphatic heterocycles. The van der Waals surface area contributed by atoms with Crippen molar-refractivity contribution in [1.82, 2.24) is 0 Å². The number of rotatable bonds is 2. The summed E-state index contributed by atoms with van der Waals surface area (Å²) in [6, 6.07) is 0. The van der Waals surface area contributed by atoms with Crippen molar-refractivity contribution in [2.45, 2.75) is 58.8 Å². The lowest BCUT2D eigenvalue weighted by Crippen LogP contribution is -2.43. The Morgan fingerprint density at radius 3 is 2.63 bits per heavy atom. The number of hydrogen-bond donors (Lipinski definition) is 0. The summed E-state index contributed by atoms with van der Waals surface area (Å²) in [6.45, 7) is 9.14. The Hall–Kier alpha value is -1.05. The molecule has 0 N–H and O–H groups in total. The van der Waals surface area contributed by atoms with E-state index in [4.69, 9.17) is 4.74 Å². The SMILES string of the molecule is C=C1CCCC(C)(C)C12CC=C(CC(=O)OC)CC2. The Morgan fingerprint density at radius 2 is 2.11 bits per heavy atom. The largest absolute Gasteiger partial charge is 0.469 e. The van der Waals surface area contributed by atoms with Crippen LogP contribution in [0.25, 0.3) is 0 Å². The molecule has 0 saturated heterocycles. The lowest BCUT2D eigenvalue weighted by Gasteiger charge is -2.53. The van der Waals surface area contributed by atoms with E-state index in [2.05, 4.69) is 26.5 Å². The first kappa shape index (κ1) is 14.4. The Bertz CT molecular complexity index is 417. The molecule has 2 heteroatoms. The zero-order valence-electron chi connectivity index (χ0n) is 12.6. The van der Waals surface area contributed by atoms with Gasteiger partial charge in [0.15, 0.2) is 0 Å². The Kier molecular flexibility index (Phi) is 3.89. The van der Waals surface area contributed by atoms with Gasteiger partial charge in [-0.2, -0.15) is 0 Å². The summed E-state index contributed by atoms with van der Waals surface area (Å²) < 4.78 is 4.75. The lowest BCUT2D eigenvalue weighted by atomic mass is 9.51. The van der Waals surface area contributed by atoms with Gasteiger partial charge in [0.1, 0.15) is 0 Å². The number of carbonyl (C=O) groups excluding carboxylic acids is 1. The van der Waals surface area contributed by atoms with Crippen LogP contribution in [0.2, 0.25) is 0 Å². The summed E-state index contributed by atoms with van der Waals surface area (Å²) in [6.07, 6.45) is 9.66. The molecule has 0 heterocycles. The highest BCUT2D eigenvalue weighted by molar-refractivity contribution is 5.72. The van der Waals surface area contributed by atoms with E-state index in [-0.39, 0.29) is 11.4 Å². The Labute approximate surface area is 116 Å². The first-order valence-corrected chi connectivity index (χ1v) is 7.34. The molecule has 2 aliphatic rings. The van der Waals surface area contributed by atoms with Crippen molar-refractivity contribution < 1.29 is 9.53 Å². The van der Waals surface area contributed by atoms with Crippen molar-refractivity contribution in [3.63, 3.8) is 0 Å². The van der Waals surface area contributed by atoms with E-state index in [1.54, 1.807) is 0 Å². The fraction of sp³-hybridized carbons (Fsp3) is 0.706. The molecule has 1 fully saturated rings. The van der Waals surface area contributed by atoms with E-state index < -0.39 is 0 Å². The smallest absolute Gasteiger partial charge is 0.309 e. The number of hydrogen-bond acceptors (Lipinski definition) is 2. The van der Waals surface area contributed by atoms with E-state index >= 15 is 0 Å². The minimum Gasteiger partial charge on any atom is -0.469 e. The van der Waals surface area contributed by atoms with Crippen LogP contribution in [0.4, 0.5) is 0 Å². The summed E-state index contributed by atoms with van der Waals surface area (Å²) in [4.78, 5) is 11.4. The fourth-order valence-corrected chi connectivity index (χ4v) is 3.95. The summed E-state index contributed by atoms with van der Waals surface area (Å²) in [5.74, 6) is -0.121. The molecule has 2 nitrogen and oxygen atoms in total. The fourth-order valence-electron chi connectivity index (χ4n) is 3.95. The third kappa shape index (κ3) is 2.50.